The average Bonchev–Trinajstić information content (AvgIpc) is 3.23. The van der Waals surface area contributed by atoms with Crippen molar-refractivity contribution in [3.8, 4) is 28.6 Å². The highest BCUT2D eigenvalue weighted by molar-refractivity contribution is 5.67. The second kappa shape index (κ2) is 8.57. The number of nitro benzene ring substituents is 1. The maximum absolute atomic E-state index is 11.1. The third-order valence-corrected chi connectivity index (χ3v) is 4.28. The molecule has 10 nitrogen and oxygen atoms in total. The summed E-state index contributed by atoms with van der Waals surface area (Å²) in [7, 11) is 3.03. The monoisotopic (exact) mass is 399 g/mol. The van der Waals surface area contributed by atoms with Crippen molar-refractivity contribution in [2.24, 2.45) is 5.73 Å². The Kier molecular flexibility index (Phi) is 5.93. The molecule has 0 saturated heterocycles. The summed E-state index contributed by atoms with van der Waals surface area (Å²) >= 11 is 0. The van der Waals surface area contributed by atoms with Crippen LogP contribution in [0.25, 0.3) is 11.4 Å². The number of nitrogens with two attached hydrogens (primary N) is 1. The first-order valence-electron chi connectivity index (χ1n) is 8.79. The van der Waals surface area contributed by atoms with Gasteiger partial charge in [-0.25, -0.2) is 4.98 Å². The molecule has 29 heavy (non-hydrogen) atoms. The number of H-pyrrole nitrogens is 1. The Morgan fingerprint density at radius 3 is 2.52 bits per heavy atom. The summed E-state index contributed by atoms with van der Waals surface area (Å²) in [5.74, 6) is 2.22. The first-order valence-corrected chi connectivity index (χ1v) is 8.79. The number of nitro groups is 1. The molecule has 0 amide bonds. The van der Waals surface area contributed by atoms with Crippen LogP contribution >= 0.6 is 0 Å². The molecule has 1 atom stereocenters. The number of nitrogens with one attached hydrogen (secondary N) is 1. The fourth-order valence-electron chi connectivity index (χ4n) is 2.83. The van der Waals surface area contributed by atoms with Crippen LogP contribution in [0.2, 0.25) is 0 Å². The van der Waals surface area contributed by atoms with Gasteiger partial charge >= 0.3 is 0 Å². The van der Waals surface area contributed by atoms with E-state index in [0.29, 0.717) is 35.2 Å². The quantitative estimate of drug-likeness (QED) is 0.435. The van der Waals surface area contributed by atoms with Gasteiger partial charge in [-0.1, -0.05) is 6.07 Å². The Bertz CT molecular complexity index is 1020. The van der Waals surface area contributed by atoms with Gasteiger partial charge in [-0.15, -0.1) is 0 Å². The topological polar surface area (TPSA) is 138 Å². The molecule has 3 aromatic rings. The molecular weight excluding hydrogens is 378 g/mol. The minimum absolute atomic E-state index is 0.0899. The number of methoxy groups -OCH3 is 2. The van der Waals surface area contributed by atoms with E-state index in [-0.39, 0.29) is 11.5 Å². The predicted molar refractivity (Wildman–Crippen MR) is 105 cm³/mol. The molecule has 3 rings (SSSR count). The summed E-state index contributed by atoms with van der Waals surface area (Å²) in [4.78, 5) is 15.0. The van der Waals surface area contributed by atoms with E-state index in [1.807, 2.05) is 13.0 Å². The Labute approximate surface area is 166 Å². The van der Waals surface area contributed by atoms with E-state index < -0.39 is 11.0 Å². The van der Waals surface area contributed by atoms with Crippen LogP contribution in [-0.2, 0) is 0 Å². The minimum atomic E-state index is -0.619. The van der Waals surface area contributed by atoms with Gasteiger partial charge in [0.05, 0.1) is 37.4 Å². The highest BCUT2D eigenvalue weighted by Gasteiger charge is 2.20. The molecule has 152 valence electrons. The van der Waals surface area contributed by atoms with Crippen LogP contribution in [0.1, 0.15) is 24.4 Å². The number of aromatic amines is 1. The first-order chi connectivity index (χ1) is 14.0. The Balaban J connectivity index is 1.95. The van der Waals surface area contributed by atoms with Gasteiger partial charge in [0.2, 0.25) is 0 Å². The highest BCUT2D eigenvalue weighted by atomic mass is 16.6. The van der Waals surface area contributed by atoms with Crippen molar-refractivity contribution in [1.82, 2.24) is 15.2 Å². The van der Waals surface area contributed by atoms with Gasteiger partial charge in [-0.05, 0) is 30.7 Å². The van der Waals surface area contributed by atoms with Gasteiger partial charge in [0.1, 0.15) is 11.6 Å². The molecule has 10 heteroatoms. The van der Waals surface area contributed by atoms with Crippen LogP contribution in [0.4, 0.5) is 5.69 Å². The zero-order chi connectivity index (χ0) is 21.0. The molecule has 2 aromatic carbocycles. The number of aromatic nitrogens is 3. The van der Waals surface area contributed by atoms with Gasteiger partial charge in [-0.2, -0.15) is 5.10 Å². The lowest BCUT2D eigenvalue weighted by molar-refractivity contribution is -0.384. The second-order valence-electron chi connectivity index (χ2n) is 6.01. The van der Waals surface area contributed by atoms with Gasteiger partial charge in [0.25, 0.3) is 5.69 Å². The summed E-state index contributed by atoms with van der Waals surface area (Å²) in [6.45, 7) is 2.36. The van der Waals surface area contributed by atoms with Crippen molar-refractivity contribution in [1.29, 1.82) is 0 Å². The number of benzene rings is 2. The first kappa shape index (κ1) is 20.1. The van der Waals surface area contributed by atoms with Crippen LogP contribution in [0.3, 0.4) is 0 Å². The molecule has 0 aliphatic carbocycles. The van der Waals surface area contributed by atoms with Crippen molar-refractivity contribution in [2.75, 3.05) is 20.8 Å². The molecule has 3 N–H and O–H groups in total. The molecule has 1 unspecified atom stereocenters. The normalized spacial score (nSPS) is 11.7. The molecule has 0 fully saturated rings. The summed E-state index contributed by atoms with van der Waals surface area (Å²) in [5, 5.41) is 18.1. The lowest BCUT2D eigenvalue weighted by atomic mass is 10.1. The molecular formula is C19H21N5O5. The largest absolute Gasteiger partial charge is 0.496 e. The van der Waals surface area contributed by atoms with Crippen LogP contribution in [0, 0.1) is 10.1 Å². The van der Waals surface area contributed by atoms with Crippen molar-refractivity contribution in [3.63, 3.8) is 0 Å². The number of rotatable bonds is 8. The number of ether oxygens (including phenoxy) is 3. The van der Waals surface area contributed by atoms with Crippen LogP contribution in [0.5, 0.6) is 17.2 Å². The van der Waals surface area contributed by atoms with Crippen LogP contribution in [0.15, 0.2) is 36.4 Å². The maximum atomic E-state index is 11.1. The smallest absolute Gasteiger partial charge is 0.270 e. The highest BCUT2D eigenvalue weighted by Crippen LogP contribution is 2.33. The third kappa shape index (κ3) is 4.11. The van der Waals surface area contributed by atoms with Gasteiger partial charge in [0, 0.05) is 12.1 Å². The average molecular weight is 399 g/mol. The van der Waals surface area contributed by atoms with E-state index in [0.717, 1.165) is 5.56 Å². The van der Waals surface area contributed by atoms with E-state index in [4.69, 9.17) is 19.9 Å². The van der Waals surface area contributed by atoms with Crippen molar-refractivity contribution < 1.29 is 19.1 Å². The fraction of sp³-hybridized carbons (Fsp3) is 0.263. The van der Waals surface area contributed by atoms with Crippen molar-refractivity contribution >= 4 is 5.69 Å². The third-order valence-electron chi connectivity index (χ3n) is 4.28. The molecule has 0 spiro atoms. The van der Waals surface area contributed by atoms with Gasteiger partial charge in [-0.3, -0.25) is 15.2 Å². The van der Waals surface area contributed by atoms with E-state index in [2.05, 4.69) is 15.2 Å². The Morgan fingerprint density at radius 1 is 1.14 bits per heavy atom. The number of hydrogen-bond donors (Lipinski definition) is 2. The second-order valence-corrected chi connectivity index (χ2v) is 6.01. The van der Waals surface area contributed by atoms with E-state index >= 15 is 0 Å². The number of nitrogens with zero attached hydrogens (tertiary/aromatic N) is 3. The summed E-state index contributed by atoms with van der Waals surface area (Å²) < 4.78 is 16.2. The van der Waals surface area contributed by atoms with Crippen molar-refractivity contribution in [3.05, 3.63) is 57.9 Å². The standard InChI is InChI=1S/C19H21N5O5/c1-4-29-16-9-11(5-7-15(16)28-3)17(20)19-21-18(22-23-19)13-10-12(24(25)26)6-8-14(13)27-2/h5-10,17H,4,20H2,1-3H3,(H,21,22,23). The zero-order valence-electron chi connectivity index (χ0n) is 16.2. The predicted octanol–water partition coefficient (Wildman–Crippen LogP) is 2.84. The SMILES string of the molecule is CCOc1cc(C(N)c2nc(-c3cc([N+](=O)[O-])ccc3OC)n[nH]2)ccc1OC. The summed E-state index contributed by atoms with van der Waals surface area (Å²) in [5.41, 5.74) is 7.38. The lowest BCUT2D eigenvalue weighted by Gasteiger charge is -2.14. The van der Waals surface area contributed by atoms with Crippen LogP contribution < -0.4 is 19.9 Å². The van der Waals surface area contributed by atoms with Crippen LogP contribution in [-0.4, -0.2) is 40.9 Å². The lowest BCUT2D eigenvalue weighted by Crippen LogP contribution is -2.14. The summed E-state index contributed by atoms with van der Waals surface area (Å²) in [6, 6.07) is 8.95. The molecule has 1 aromatic heterocycles. The molecule has 0 aliphatic heterocycles. The maximum Gasteiger partial charge on any atom is 0.270 e. The van der Waals surface area contributed by atoms with Gasteiger partial charge < -0.3 is 19.9 Å². The number of hydrogen-bond acceptors (Lipinski definition) is 8. The molecule has 0 bridgehead atoms. The van der Waals surface area contributed by atoms with E-state index in [9.17, 15) is 10.1 Å². The number of non-ortho nitro benzene ring substituents is 1. The fourth-order valence-corrected chi connectivity index (χ4v) is 2.83. The zero-order valence-corrected chi connectivity index (χ0v) is 16.2. The van der Waals surface area contributed by atoms with E-state index in [1.165, 1.54) is 25.3 Å². The molecule has 0 aliphatic rings. The van der Waals surface area contributed by atoms with Crippen molar-refractivity contribution in [2.45, 2.75) is 13.0 Å². The van der Waals surface area contributed by atoms with Gasteiger partial charge in [0.15, 0.2) is 17.3 Å². The summed E-state index contributed by atoms with van der Waals surface area (Å²) in [6.07, 6.45) is 0. The minimum Gasteiger partial charge on any atom is -0.496 e. The molecule has 0 saturated carbocycles. The molecule has 0 radical (unpaired) electrons. The molecule has 1 heterocycles. The Morgan fingerprint density at radius 2 is 1.86 bits per heavy atom. The Hall–Kier alpha value is -3.66. The van der Waals surface area contributed by atoms with E-state index in [1.54, 1.807) is 19.2 Å².